The van der Waals surface area contributed by atoms with Gasteiger partial charge in [-0.05, 0) is 49.6 Å². The maximum atomic E-state index is 13.2. The van der Waals surface area contributed by atoms with E-state index in [4.69, 9.17) is 5.26 Å². The maximum Gasteiger partial charge on any atom is 0.243 e. The highest BCUT2D eigenvalue weighted by Crippen LogP contribution is 2.26. The van der Waals surface area contributed by atoms with Crippen LogP contribution in [0, 0.1) is 32.1 Å². The van der Waals surface area contributed by atoms with Crippen LogP contribution >= 0.6 is 0 Å². The normalized spacial score (nSPS) is 16.2. The van der Waals surface area contributed by atoms with E-state index >= 15 is 0 Å². The highest BCUT2D eigenvalue weighted by Gasteiger charge is 2.30. The fourth-order valence-electron chi connectivity index (χ4n) is 3.77. The van der Waals surface area contributed by atoms with E-state index in [1.165, 1.54) is 0 Å². The summed E-state index contributed by atoms with van der Waals surface area (Å²) in [6, 6.07) is 13.5. The summed E-state index contributed by atoms with van der Waals surface area (Å²) in [7, 11) is -3.47. The van der Waals surface area contributed by atoms with E-state index < -0.39 is 10.0 Å². The SMILES string of the molecule is Cc1cc(C)c(S(=O)(=O)N2CCN(Cc3ccc(C#N)cc3)CC2)c(C)c1. The number of aryl methyl sites for hydroxylation is 3. The molecule has 1 aliphatic heterocycles. The van der Waals surface area contributed by atoms with Crippen molar-refractivity contribution in [2.75, 3.05) is 26.2 Å². The number of hydrogen-bond acceptors (Lipinski definition) is 4. The summed E-state index contributed by atoms with van der Waals surface area (Å²) >= 11 is 0. The lowest BCUT2D eigenvalue weighted by molar-refractivity contribution is 0.181. The molecule has 1 saturated heterocycles. The van der Waals surface area contributed by atoms with Gasteiger partial charge < -0.3 is 0 Å². The zero-order valence-electron chi connectivity index (χ0n) is 16.1. The van der Waals surface area contributed by atoms with Gasteiger partial charge in [0.1, 0.15) is 0 Å². The Kier molecular flexibility index (Phi) is 5.66. The van der Waals surface area contributed by atoms with Crippen LogP contribution in [0.4, 0.5) is 0 Å². The maximum absolute atomic E-state index is 13.2. The Morgan fingerprint density at radius 3 is 2.04 bits per heavy atom. The zero-order valence-corrected chi connectivity index (χ0v) is 16.9. The van der Waals surface area contributed by atoms with Crippen LogP contribution in [0.15, 0.2) is 41.3 Å². The Balaban J connectivity index is 1.69. The first-order valence-electron chi connectivity index (χ1n) is 9.10. The van der Waals surface area contributed by atoms with Gasteiger partial charge in [0.25, 0.3) is 0 Å². The van der Waals surface area contributed by atoms with Crippen LogP contribution < -0.4 is 0 Å². The second-order valence-electron chi connectivity index (χ2n) is 7.22. The molecule has 5 nitrogen and oxygen atoms in total. The van der Waals surface area contributed by atoms with Crippen molar-refractivity contribution in [2.45, 2.75) is 32.2 Å². The van der Waals surface area contributed by atoms with Gasteiger partial charge in [-0.3, -0.25) is 4.90 Å². The lowest BCUT2D eigenvalue weighted by Crippen LogP contribution is -2.48. The summed E-state index contributed by atoms with van der Waals surface area (Å²) in [6.07, 6.45) is 0. The molecule has 1 fully saturated rings. The molecule has 0 aliphatic carbocycles. The largest absolute Gasteiger partial charge is 0.296 e. The van der Waals surface area contributed by atoms with Gasteiger partial charge in [0.05, 0.1) is 16.5 Å². The van der Waals surface area contributed by atoms with Crippen molar-refractivity contribution in [3.63, 3.8) is 0 Å². The third kappa shape index (κ3) is 4.22. The molecule has 0 unspecified atom stereocenters. The molecular formula is C21H25N3O2S. The van der Waals surface area contributed by atoms with Crippen LogP contribution in [0.1, 0.15) is 27.8 Å². The van der Waals surface area contributed by atoms with Crippen LogP contribution in [-0.2, 0) is 16.6 Å². The van der Waals surface area contributed by atoms with Gasteiger partial charge in [0.2, 0.25) is 10.0 Å². The second-order valence-corrected chi connectivity index (χ2v) is 9.09. The summed E-state index contributed by atoms with van der Waals surface area (Å²) in [6.45, 7) is 8.87. The predicted molar refractivity (Wildman–Crippen MR) is 106 cm³/mol. The van der Waals surface area contributed by atoms with E-state index in [0.29, 0.717) is 36.6 Å². The van der Waals surface area contributed by atoms with Crippen LogP contribution in [0.3, 0.4) is 0 Å². The molecule has 3 rings (SSSR count). The molecular weight excluding hydrogens is 358 g/mol. The molecule has 0 N–H and O–H groups in total. The molecule has 0 aromatic heterocycles. The average Bonchev–Trinajstić information content (AvgIpc) is 2.61. The topological polar surface area (TPSA) is 64.4 Å². The third-order valence-corrected chi connectivity index (χ3v) is 7.23. The fraction of sp³-hybridized carbons (Fsp3) is 0.381. The van der Waals surface area contributed by atoms with Crippen molar-refractivity contribution in [3.05, 3.63) is 64.2 Å². The van der Waals surface area contributed by atoms with E-state index in [9.17, 15) is 8.42 Å². The summed E-state index contributed by atoms with van der Waals surface area (Å²) in [4.78, 5) is 2.70. The lowest BCUT2D eigenvalue weighted by atomic mass is 10.1. The molecule has 0 atom stereocenters. The Morgan fingerprint density at radius 1 is 0.963 bits per heavy atom. The van der Waals surface area contributed by atoms with E-state index in [1.54, 1.807) is 4.31 Å². The van der Waals surface area contributed by atoms with E-state index in [0.717, 1.165) is 28.8 Å². The van der Waals surface area contributed by atoms with Crippen molar-refractivity contribution < 1.29 is 8.42 Å². The minimum atomic E-state index is -3.47. The lowest BCUT2D eigenvalue weighted by Gasteiger charge is -2.34. The Bertz CT molecular complexity index is 944. The van der Waals surface area contributed by atoms with Gasteiger partial charge in [-0.25, -0.2) is 8.42 Å². The van der Waals surface area contributed by atoms with Crippen LogP contribution in [0.5, 0.6) is 0 Å². The minimum absolute atomic E-state index is 0.452. The smallest absolute Gasteiger partial charge is 0.243 e. The molecule has 1 heterocycles. The van der Waals surface area contributed by atoms with Gasteiger partial charge in [0.15, 0.2) is 0 Å². The van der Waals surface area contributed by atoms with E-state index in [-0.39, 0.29) is 0 Å². The Morgan fingerprint density at radius 2 is 1.52 bits per heavy atom. The monoisotopic (exact) mass is 383 g/mol. The molecule has 6 heteroatoms. The minimum Gasteiger partial charge on any atom is -0.296 e. The number of nitriles is 1. The van der Waals surface area contributed by atoms with Gasteiger partial charge in [-0.1, -0.05) is 29.8 Å². The number of nitrogens with zero attached hydrogens (tertiary/aromatic N) is 3. The van der Waals surface area contributed by atoms with Crippen molar-refractivity contribution in [3.8, 4) is 6.07 Å². The first-order valence-corrected chi connectivity index (χ1v) is 10.5. The van der Waals surface area contributed by atoms with Crippen molar-refractivity contribution in [1.82, 2.24) is 9.21 Å². The third-order valence-electron chi connectivity index (χ3n) is 5.02. The van der Waals surface area contributed by atoms with Gasteiger partial charge in [-0.2, -0.15) is 9.57 Å². The van der Waals surface area contributed by atoms with Crippen LogP contribution in [0.2, 0.25) is 0 Å². The van der Waals surface area contributed by atoms with Gasteiger partial charge in [-0.15, -0.1) is 0 Å². The standard InChI is InChI=1S/C21H25N3O2S/c1-16-12-17(2)21(18(3)13-16)27(25,26)24-10-8-23(9-11-24)15-20-6-4-19(14-22)5-7-20/h4-7,12-13H,8-11,15H2,1-3H3. The van der Waals surface area contributed by atoms with E-state index in [2.05, 4.69) is 11.0 Å². The summed E-state index contributed by atoms with van der Waals surface area (Å²) in [5.74, 6) is 0. The van der Waals surface area contributed by atoms with Crippen molar-refractivity contribution in [1.29, 1.82) is 5.26 Å². The highest BCUT2D eigenvalue weighted by atomic mass is 32.2. The van der Waals surface area contributed by atoms with Crippen molar-refractivity contribution in [2.24, 2.45) is 0 Å². The first-order chi connectivity index (χ1) is 12.8. The van der Waals surface area contributed by atoms with Crippen molar-refractivity contribution >= 4 is 10.0 Å². The number of hydrogen-bond donors (Lipinski definition) is 0. The molecule has 0 bridgehead atoms. The molecule has 0 radical (unpaired) electrons. The van der Waals surface area contributed by atoms with Crippen LogP contribution in [-0.4, -0.2) is 43.8 Å². The summed E-state index contributed by atoms with van der Waals surface area (Å²) in [5.41, 5.74) is 4.49. The molecule has 27 heavy (non-hydrogen) atoms. The zero-order chi connectivity index (χ0) is 19.6. The Labute approximate surface area is 161 Å². The molecule has 2 aromatic carbocycles. The molecule has 1 aliphatic rings. The van der Waals surface area contributed by atoms with E-state index in [1.807, 2.05) is 57.2 Å². The number of benzene rings is 2. The highest BCUT2D eigenvalue weighted by molar-refractivity contribution is 7.89. The molecule has 0 spiro atoms. The number of rotatable bonds is 4. The van der Waals surface area contributed by atoms with Crippen LogP contribution in [0.25, 0.3) is 0 Å². The molecule has 2 aromatic rings. The first kappa shape index (κ1) is 19.6. The summed E-state index contributed by atoms with van der Waals surface area (Å²) in [5, 5.41) is 8.88. The quantitative estimate of drug-likeness (QED) is 0.814. The fourth-order valence-corrected chi connectivity index (χ4v) is 5.61. The summed E-state index contributed by atoms with van der Waals surface area (Å²) < 4.78 is 27.9. The van der Waals surface area contributed by atoms with Gasteiger partial charge in [0, 0.05) is 32.7 Å². The molecule has 142 valence electrons. The number of piperazine rings is 1. The number of sulfonamides is 1. The average molecular weight is 384 g/mol. The van der Waals surface area contributed by atoms with Gasteiger partial charge >= 0.3 is 0 Å². The predicted octanol–water partition coefficient (Wildman–Crippen LogP) is 2.99. The second kappa shape index (κ2) is 7.81. The molecule has 0 amide bonds. The Hall–Kier alpha value is -2.20. The molecule has 0 saturated carbocycles.